The Bertz CT molecular complexity index is 1340. The molecule has 4 atom stereocenters. The lowest BCUT2D eigenvalue weighted by atomic mass is 9.77. The monoisotopic (exact) mass is 501 g/mol. The lowest BCUT2D eigenvalue weighted by Gasteiger charge is -2.38. The minimum absolute atomic E-state index is 0.134. The first-order valence-corrected chi connectivity index (χ1v) is 14.0. The fourth-order valence-corrected chi connectivity index (χ4v) is 6.68. The van der Waals surface area contributed by atoms with Crippen molar-refractivity contribution in [1.29, 1.82) is 0 Å². The molecular weight excluding hydrogens is 470 g/mol. The van der Waals surface area contributed by atoms with E-state index in [2.05, 4.69) is 30.7 Å². The fourth-order valence-electron chi connectivity index (χ4n) is 4.20. The molecule has 2 unspecified atom stereocenters. The van der Waals surface area contributed by atoms with E-state index in [0.29, 0.717) is 0 Å². The summed E-state index contributed by atoms with van der Waals surface area (Å²) in [6, 6.07) is 33.5. The zero-order valence-corrected chi connectivity index (χ0v) is 22.2. The lowest BCUT2D eigenvalue weighted by Crippen LogP contribution is -2.45. The van der Waals surface area contributed by atoms with Gasteiger partial charge in [0.05, 0.1) is 21.2 Å². The number of hydrogen-bond acceptors (Lipinski definition) is 2. The molecule has 5 heteroatoms. The molecular formula is C30H31NO2S2. The number of aryl methyl sites for hydroxylation is 2. The van der Waals surface area contributed by atoms with Gasteiger partial charge in [0.15, 0.2) is 0 Å². The molecule has 35 heavy (non-hydrogen) atoms. The lowest BCUT2D eigenvalue weighted by molar-refractivity contribution is 0.370. The highest BCUT2D eigenvalue weighted by atomic mass is 32.2. The van der Waals surface area contributed by atoms with Gasteiger partial charge in [-0.25, -0.2) is 13.1 Å². The van der Waals surface area contributed by atoms with Crippen LogP contribution in [0, 0.1) is 13.8 Å². The summed E-state index contributed by atoms with van der Waals surface area (Å²) >= 11 is 0. The smallest absolute Gasteiger partial charge is 0.125 e. The third-order valence-electron chi connectivity index (χ3n) is 6.60. The van der Waals surface area contributed by atoms with Crippen molar-refractivity contribution in [1.82, 2.24) is 4.72 Å². The molecule has 0 saturated carbocycles. The first-order chi connectivity index (χ1) is 16.8. The van der Waals surface area contributed by atoms with Gasteiger partial charge in [-0.1, -0.05) is 90.8 Å². The zero-order valence-electron chi connectivity index (χ0n) is 20.5. The molecule has 0 aliphatic heterocycles. The summed E-state index contributed by atoms with van der Waals surface area (Å²) < 4.78 is 30.6. The van der Waals surface area contributed by atoms with E-state index in [4.69, 9.17) is 0 Å². The van der Waals surface area contributed by atoms with E-state index >= 15 is 0 Å². The maximum absolute atomic E-state index is 13.7. The maximum Gasteiger partial charge on any atom is 0.125 e. The van der Waals surface area contributed by atoms with Gasteiger partial charge in [0, 0.05) is 15.7 Å². The van der Waals surface area contributed by atoms with Crippen LogP contribution < -0.4 is 4.72 Å². The van der Waals surface area contributed by atoms with Gasteiger partial charge in [0.25, 0.3) is 0 Å². The van der Waals surface area contributed by atoms with Crippen LogP contribution in [0.5, 0.6) is 0 Å². The van der Waals surface area contributed by atoms with Crippen molar-refractivity contribution in [2.75, 3.05) is 0 Å². The van der Waals surface area contributed by atoms with E-state index in [1.165, 1.54) is 0 Å². The standard InChI is InChI=1S/C30H31NO2S2/c1-22-14-18-26(19-15-22)34(32)29-13-9-8-12-28(29)24(3)30(4,25-10-6-5-7-11-25)31-35(33)27-20-16-23(2)17-21-27/h5-21,24,31H,1-4H3/t24-,30+,34?,35?/m0/s1. The Morgan fingerprint density at radius 3 is 1.80 bits per heavy atom. The molecule has 0 bridgehead atoms. The largest absolute Gasteiger partial charge is 0.249 e. The average Bonchev–Trinajstić information content (AvgIpc) is 2.89. The quantitative estimate of drug-likeness (QED) is 0.289. The van der Waals surface area contributed by atoms with E-state index in [9.17, 15) is 8.42 Å². The Hall–Kier alpha value is -2.86. The molecule has 1 N–H and O–H groups in total. The summed E-state index contributed by atoms with van der Waals surface area (Å²) in [4.78, 5) is 2.27. The minimum Gasteiger partial charge on any atom is -0.249 e. The summed E-state index contributed by atoms with van der Waals surface area (Å²) in [7, 11) is -2.77. The molecule has 0 aliphatic rings. The Labute approximate surface area is 213 Å². The summed E-state index contributed by atoms with van der Waals surface area (Å²) in [5, 5.41) is 0. The molecule has 4 aromatic rings. The van der Waals surface area contributed by atoms with E-state index in [1.54, 1.807) is 0 Å². The van der Waals surface area contributed by atoms with Crippen molar-refractivity contribution >= 4 is 21.8 Å². The molecule has 0 amide bonds. The number of nitrogens with one attached hydrogen (secondary N) is 1. The van der Waals surface area contributed by atoms with Crippen molar-refractivity contribution < 1.29 is 8.42 Å². The molecule has 4 aromatic carbocycles. The van der Waals surface area contributed by atoms with Crippen LogP contribution in [0.2, 0.25) is 0 Å². The predicted molar refractivity (Wildman–Crippen MR) is 145 cm³/mol. The van der Waals surface area contributed by atoms with Crippen LogP contribution in [-0.2, 0) is 27.3 Å². The molecule has 0 aromatic heterocycles. The van der Waals surface area contributed by atoms with Crippen LogP contribution in [-0.4, -0.2) is 8.42 Å². The molecule has 0 fully saturated rings. The van der Waals surface area contributed by atoms with Gasteiger partial charge in [-0.05, 0) is 62.2 Å². The van der Waals surface area contributed by atoms with Gasteiger partial charge in [-0.3, -0.25) is 0 Å². The van der Waals surface area contributed by atoms with Crippen LogP contribution in [0.3, 0.4) is 0 Å². The number of benzene rings is 4. The molecule has 180 valence electrons. The summed E-state index contributed by atoms with van der Waals surface area (Å²) in [5.41, 5.74) is 3.55. The van der Waals surface area contributed by atoms with Gasteiger partial charge >= 0.3 is 0 Å². The maximum atomic E-state index is 13.7. The van der Waals surface area contributed by atoms with E-state index in [-0.39, 0.29) is 5.92 Å². The Morgan fingerprint density at radius 1 is 0.686 bits per heavy atom. The highest BCUT2D eigenvalue weighted by Crippen LogP contribution is 2.40. The van der Waals surface area contributed by atoms with E-state index in [1.807, 2.05) is 105 Å². The Morgan fingerprint density at radius 2 is 1.20 bits per heavy atom. The van der Waals surface area contributed by atoms with E-state index in [0.717, 1.165) is 36.9 Å². The summed E-state index contributed by atoms with van der Waals surface area (Å²) in [6.45, 7) is 8.22. The molecule has 0 heterocycles. The van der Waals surface area contributed by atoms with Crippen LogP contribution >= 0.6 is 0 Å². The molecule has 0 radical (unpaired) electrons. The summed E-state index contributed by atoms with van der Waals surface area (Å²) in [6.07, 6.45) is 0. The minimum atomic E-state index is -1.44. The van der Waals surface area contributed by atoms with Crippen molar-refractivity contribution in [3.05, 3.63) is 125 Å². The van der Waals surface area contributed by atoms with Crippen molar-refractivity contribution in [3.63, 3.8) is 0 Å². The van der Waals surface area contributed by atoms with Crippen LogP contribution in [0.1, 0.15) is 42.0 Å². The van der Waals surface area contributed by atoms with Gasteiger partial charge in [0.1, 0.15) is 11.0 Å². The van der Waals surface area contributed by atoms with Crippen molar-refractivity contribution in [2.24, 2.45) is 0 Å². The second-order valence-corrected chi connectivity index (χ2v) is 11.8. The third-order valence-corrected chi connectivity index (χ3v) is 9.38. The normalized spacial score (nSPS) is 15.7. The summed E-state index contributed by atoms with van der Waals surface area (Å²) in [5.74, 6) is -0.134. The molecule has 0 saturated heterocycles. The SMILES string of the molecule is Cc1ccc(S(=O)N[C@@](C)(c2ccccc2)[C@@H](C)c2ccccc2S(=O)c2ccc(C)cc2)cc1. The van der Waals surface area contributed by atoms with Gasteiger partial charge in [-0.15, -0.1) is 0 Å². The van der Waals surface area contributed by atoms with Crippen LogP contribution in [0.4, 0.5) is 0 Å². The second-order valence-electron chi connectivity index (χ2n) is 9.09. The van der Waals surface area contributed by atoms with Crippen molar-refractivity contribution in [2.45, 2.75) is 53.8 Å². The molecule has 3 nitrogen and oxygen atoms in total. The van der Waals surface area contributed by atoms with E-state index < -0.39 is 27.3 Å². The fraction of sp³-hybridized carbons (Fsp3) is 0.200. The molecule has 0 aliphatic carbocycles. The molecule has 0 spiro atoms. The highest BCUT2D eigenvalue weighted by molar-refractivity contribution is 7.85. The van der Waals surface area contributed by atoms with Gasteiger partial charge in [0.2, 0.25) is 0 Å². The third kappa shape index (κ3) is 5.53. The number of hydrogen-bond donors (Lipinski definition) is 1. The zero-order chi connectivity index (χ0) is 25.0. The van der Waals surface area contributed by atoms with Crippen LogP contribution in [0.25, 0.3) is 0 Å². The predicted octanol–water partition coefficient (Wildman–Crippen LogP) is 6.80. The van der Waals surface area contributed by atoms with Gasteiger partial charge in [-0.2, -0.15) is 0 Å². The van der Waals surface area contributed by atoms with Gasteiger partial charge < -0.3 is 0 Å². The molecule has 4 rings (SSSR count). The van der Waals surface area contributed by atoms with Crippen molar-refractivity contribution in [3.8, 4) is 0 Å². The Balaban J connectivity index is 1.76. The number of rotatable bonds is 8. The first-order valence-electron chi connectivity index (χ1n) is 11.7. The van der Waals surface area contributed by atoms with Crippen LogP contribution in [0.15, 0.2) is 118 Å². The first kappa shape index (κ1) is 25.2. The highest BCUT2D eigenvalue weighted by Gasteiger charge is 2.37. The average molecular weight is 502 g/mol. The topological polar surface area (TPSA) is 46.2 Å². The Kier molecular flexibility index (Phi) is 7.80. The second kappa shape index (κ2) is 10.8.